The van der Waals surface area contributed by atoms with Crippen molar-refractivity contribution < 1.29 is 38.2 Å². The molecule has 1 N–H and O–H groups in total. The highest BCUT2D eigenvalue weighted by molar-refractivity contribution is 5.72. The molecule has 0 heterocycles. The first-order valence-corrected chi connectivity index (χ1v) is 25.5. The number of ether oxygens (including phenoxy) is 3. The fourth-order valence-corrected chi connectivity index (χ4v) is 7.64. The van der Waals surface area contributed by atoms with E-state index in [9.17, 15) is 19.5 Å². The summed E-state index contributed by atoms with van der Waals surface area (Å²) < 4.78 is 17.4. The largest absolute Gasteiger partial charge is 0.477 e. The molecule has 0 amide bonds. The van der Waals surface area contributed by atoms with E-state index in [0.717, 1.165) is 57.8 Å². The van der Waals surface area contributed by atoms with Crippen LogP contribution in [0.5, 0.6) is 0 Å². The Labute approximate surface area is 376 Å². The molecule has 61 heavy (non-hydrogen) atoms. The number of hydrogen-bond donors (Lipinski definition) is 1. The molecule has 0 aliphatic heterocycles. The Balaban J connectivity index is 4.16. The minimum Gasteiger partial charge on any atom is -0.477 e. The monoisotopic (exact) mass is 861 g/mol. The van der Waals surface area contributed by atoms with Gasteiger partial charge < -0.3 is 23.8 Å². The highest BCUT2D eigenvalue weighted by Gasteiger charge is 2.31. The van der Waals surface area contributed by atoms with Crippen molar-refractivity contribution in [1.82, 2.24) is 0 Å². The lowest BCUT2D eigenvalue weighted by molar-refractivity contribution is -0.887. The minimum absolute atomic E-state index is 0.0475. The van der Waals surface area contributed by atoms with Crippen LogP contribution < -0.4 is 0 Å². The molecule has 0 bridgehead atoms. The van der Waals surface area contributed by atoms with Gasteiger partial charge in [0.1, 0.15) is 6.61 Å². The highest BCUT2D eigenvalue weighted by Crippen LogP contribution is 2.16. The second kappa shape index (κ2) is 44.2. The highest BCUT2D eigenvalue weighted by atomic mass is 16.6. The number of allylic oxidation sites excluding steroid dienone is 6. The lowest BCUT2D eigenvalue weighted by atomic mass is 10.0. The van der Waals surface area contributed by atoms with Crippen molar-refractivity contribution in [2.24, 2.45) is 0 Å². The molecule has 2 unspecified atom stereocenters. The zero-order valence-electron chi connectivity index (χ0n) is 40.6. The van der Waals surface area contributed by atoms with Gasteiger partial charge in [0.05, 0.1) is 34.4 Å². The molecule has 0 radical (unpaired) electrons. The van der Waals surface area contributed by atoms with Crippen molar-refractivity contribution in [3.05, 3.63) is 36.5 Å². The third-order valence-corrected chi connectivity index (χ3v) is 11.6. The average molecular weight is 861 g/mol. The molecule has 0 aliphatic rings. The number of rotatable bonds is 46. The SMILES string of the molecule is CC/C=C/C/C=C/C/C=C/CCCCCCCCCCCCCCCC(=O)OCC(COCCC(C(=O)O)[N+](C)(C)C)OC(=O)CCCCCCCCCCCCCCCC. The van der Waals surface area contributed by atoms with Gasteiger partial charge in [-0.15, -0.1) is 0 Å². The van der Waals surface area contributed by atoms with E-state index in [0.29, 0.717) is 19.3 Å². The van der Waals surface area contributed by atoms with Crippen molar-refractivity contribution in [2.75, 3.05) is 41.0 Å². The fraction of sp³-hybridized carbons (Fsp3) is 0.830. The predicted octanol–water partition coefficient (Wildman–Crippen LogP) is 14.6. The third kappa shape index (κ3) is 42.6. The fourth-order valence-electron chi connectivity index (χ4n) is 7.64. The van der Waals surface area contributed by atoms with Crippen LogP contribution in [0.3, 0.4) is 0 Å². The standard InChI is InChI=1S/C53H97NO7/c1-6-8-10-12-14-16-18-20-22-23-24-25-26-27-28-29-30-32-33-35-37-39-41-43-51(55)60-48-49(47-59-46-45-50(53(57)58)54(3,4)5)61-52(56)44-42-40-38-36-34-31-21-19-17-15-13-11-9-7-2/h8,10,14,16,20,22,49-50H,6-7,9,11-13,15,17-19,21,23-48H2,1-5H3/p+1/b10-8+,16-14+,22-20+. The summed E-state index contributed by atoms with van der Waals surface area (Å²) in [6.45, 7) is 4.66. The van der Waals surface area contributed by atoms with Gasteiger partial charge in [0.2, 0.25) is 0 Å². The number of carbonyl (C=O) groups excluding carboxylic acids is 2. The summed E-state index contributed by atoms with van der Waals surface area (Å²) in [5.41, 5.74) is 0. The number of carboxylic acids is 1. The Kier molecular flexibility index (Phi) is 42.4. The average Bonchev–Trinajstić information content (AvgIpc) is 3.22. The molecular formula is C53H98NO7+. The van der Waals surface area contributed by atoms with E-state index >= 15 is 0 Å². The van der Waals surface area contributed by atoms with Crippen molar-refractivity contribution in [3.63, 3.8) is 0 Å². The van der Waals surface area contributed by atoms with Crippen LogP contribution in [-0.4, -0.2) is 80.6 Å². The van der Waals surface area contributed by atoms with E-state index < -0.39 is 18.1 Å². The Morgan fingerprint density at radius 2 is 0.918 bits per heavy atom. The van der Waals surface area contributed by atoms with Gasteiger partial charge in [-0.2, -0.15) is 0 Å². The molecule has 0 rings (SSSR count). The number of quaternary nitrogens is 1. The second-order valence-corrected chi connectivity index (χ2v) is 18.4. The summed E-state index contributed by atoms with van der Waals surface area (Å²) in [4.78, 5) is 37.1. The van der Waals surface area contributed by atoms with Crippen LogP contribution in [0.4, 0.5) is 0 Å². The number of esters is 2. The zero-order chi connectivity index (χ0) is 44.9. The summed E-state index contributed by atoms with van der Waals surface area (Å²) >= 11 is 0. The molecule has 8 nitrogen and oxygen atoms in total. The first-order chi connectivity index (χ1) is 29.6. The van der Waals surface area contributed by atoms with E-state index in [4.69, 9.17) is 14.2 Å². The zero-order valence-corrected chi connectivity index (χ0v) is 40.6. The summed E-state index contributed by atoms with van der Waals surface area (Å²) in [5, 5.41) is 9.64. The van der Waals surface area contributed by atoms with Crippen molar-refractivity contribution in [2.45, 2.75) is 244 Å². The number of aliphatic carboxylic acids is 1. The van der Waals surface area contributed by atoms with Crippen molar-refractivity contribution in [1.29, 1.82) is 0 Å². The molecule has 0 saturated carbocycles. The smallest absolute Gasteiger partial charge is 0.362 e. The maximum absolute atomic E-state index is 12.8. The molecule has 0 aliphatic carbocycles. The van der Waals surface area contributed by atoms with Gasteiger partial charge in [-0.3, -0.25) is 9.59 Å². The molecule has 0 spiro atoms. The predicted molar refractivity (Wildman–Crippen MR) is 257 cm³/mol. The summed E-state index contributed by atoms with van der Waals surface area (Å²) in [6, 6.07) is -0.612. The Morgan fingerprint density at radius 1 is 0.508 bits per heavy atom. The normalized spacial score (nSPS) is 13.1. The van der Waals surface area contributed by atoms with Crippen LogP contribution in [0.2, 0.25) is 0 Å². The third-order valence-electron chi connectivity index (χ3n) is 11.6. The summed E-state index contributed by atoms with van der Waals surface area (Å²) in [5.74, 6) is -1.45. The van der Waals surface area contributed by atoms with Crippen LogP contribution in [0.1, 0.15) is 232 Å². The number of carbonyl (C=O) groups is 3. The van der Waals surface area contributed by atoms with E-state index in [2.05, 4.69) is 50.3 Å². The quantitative estimate of drug-likeness (QED) is 0.0282. The van der Waals surface area contributed by atoms with Gasteiger partial charge in [0.25, 0.3) is 0 Å². The summed E-state index contributed by atoms with van der Waals surface area (Å²) in [7, 11) is 5.54. The number of likely N-dealkylation sites (N-methyl/N-ethyl adjacent to an activating group) is 1. The molecule has 2 atom stereocenters. The van der Waals surface area contributed by atoms with Crippen LogP contribution >= 0.6 is 0 Å². The topological polar surface area (TPSA) is 99.1 Å². The van der Waals surface area contributed by atoms with Crippen LogP contribution in [0.15, 0.2) is 36.5 Å². The van der Waals surface area contributed by atoms with Crippen LogP contribution in [0.25, 0.3) is 0 Å². The molecule has 0 aromatic heterocycles. The molecular weight excluding hydrogens is 763 g/mol. The lowest BCUT2D eigenvalue weighted by Crippen LogP contribution is -2.50. The van der Waals surface area contributed by atoms with Gasteiger partial charge in [-0.25, -0.2) is 4.79 Å². The molecule has 0 saturated heterocycles. The minimum atomic E-state index is -0.872. The van der Waals surface area contributed by atoms with Gasteiger partial charge in [0, 0.05) is 19.3 Å². The van der Waals surface area contributed by atoms with Gasteiger partial charge in [-0.05, 0) is 44.9 Å². The van der Waals surface area contributed by atoms with Crippen molar-refractivity contribution in [3.8, 4) is 0 Å². The van der Waals surface area contributed by atoms with E-state index in [1.54, 1.807) is 0 Å². The van der Waals surface area contributed by atoms with E-state index in [-0.39, 0.29) is 36.2 Å². The van der Waals surface area contributed by atoms with E-state index in [1.807, 2.05) is 21.1 Å². The second-order valence-electron chi connectivity index (χ2n) is 18.4. The van der Waals surface area contributed by atoms with Gasteiger partial charge >= 0.3 is 17.9 Å². The van der Waals surface area contributed by atoms with E-state index in [1.165, 1.54) is 141 Å². The van der Waals surface area contributed by atoms with Crippen molar-refractivity contribution >= 4 is 17.9 Å². The van der Waals surface area contributed by atoms with Crippen LogP contribution in [-0.2, 0) is 28.6 Å². The van der Waals surface area contributed by atoms with Gasteiger partial charge in [0.15, 0.2) is 12.1 Å². The molecule has 356 valence electrons. The Hall–Kier alpha value is -2.45. The first kappa shape index (κ1) is 58.6. The first-order valence-electron chi connectivity index (χ1n) is 25.5. The lowest BCUT2D eigenvalue weighted by Gasteiger charge is -2.31. The molecule has 0 fully saturated rings. The Bertz CT molecular complexity index is 1090. The number of hydrogen-bond acceptors (Lipinski definition) is 6. The van der Waals surface area contributed by atoms with Gasteiger partial charge in [-0.1, -0.05) is 204 Å². The Morgan fingerprint density at radius 3 is 1.36 bits per heavy atom. The number of nitrogens with zero attached hydrogens (tertiary/aromatic N) is 1. The number of unbranched alkanes of at least 4 members (excludes halogenated alkanes) is 26. The molecule has 8 heteroatoms. The molecule has 0 aromatic carbocycles. The maximum Gasteiger partial charge on any atom is 0.362 e. The maximum atomic E-state index is 12.8. The summed E-state index contributed by atoms with van der Waals surface area (Å²) in [6.07, 6.45) is 51.9. The molecule has 0 aromatic rings. The van der Waals surface area contributed by atoms with Crippen LogP contribution in [0, 0.1) is 0 Å². The number of carboxylic acid groups (broad SMARTS) is 1.